The van der Waals surface area contributed by atoms with Crippen LogP contribution in [0.25, 0.3) is 16.5 Å². The summed E-state index contributed by atoms with van der Waals surface area (Å²) < 4.78 is 69.4. The predicted molar refractivity (Wildman–Crippen MR) is 167 cm³/mol. The second-order valence-corrected chi connectivity index (χ2v) is 11.9. The molecule has 0 amide bonds. The predicted octanol–water partition coefficient (Wildman–Crippen LogP) is 6.49. The molecule has 0 aliphatic carbocycles. The zero-order chi connectivity index (χ0) is 33.4. The van der Waals surface area contributed by atoms with Gasteiger partial charge in [-0.05, 0) is 61.9 Å². The smallest absolute Gasteiger partial charge is 0.416 e. The summed E-state index contributed by atoms with van der Waals surface area (Å²) in [4.78, 5) is 24.0. The maximum Gasteiger partial charge on any atom is 0.416 e. The summed E-state index contributed by atoms with van der Waals surface area (Å²) in [7, 11) is -4.22. The summed E-state index contributed by atoms with van der Waals surface area (Å²) in [6, 6.07) is 18.0. The van der Waals surface area contributed by atoms with Crippen molar-refractivity contribution < 1.29 is 31.6 Å². The lowest BCUT2D eigenvalue weighted by molar-refractivity contribution is -0.384. The van der Waals surface area contributed by atoms with Gasteiger partial charge in [-0.15, -0.1) is 0 Å². The summed E-state index contributed by atoms with van der Waals surface area (Å²) in [6.45, 7) is 3.56. The molecule has 0 radical (unpaired) electrons. The largest absolute Gasteiger partial charge is 0.494 e. The molecule has 3 N–H and O–H groups in total. The Bertz CT molecular complexity index is 2220. The number of hydrazone groups is 1. The highest BCUT2D eigenvalue weighted by Crippen LogP contribution is 2.33. The van der Waals surface area contributed by atoms with Gasteiger partial charge in [0.05, 0.1) is 38.5 Å². The van der Waals surface area contributed by atoms with Gasteiger partial charge >= 0.3 is 6.18 Å². The second-order valence-electron chi connectivity index (χ2n) is 10.2. The van der Waals surface area contributed by atoms with Gasteiger partial charge in [0.2, 0.25) is 5.88 Å². The molecule has 11 nitrogen and oxygen atoms in total. The Morgan fingerprint density at radius 1 is 0.935 bits per heavy atom. The van der Waals surface area contributed by atoms with E-state index in [9.17, 15) is 41.6 Å². The molecule has 0 saturated carbocycles. The molecule has 1 aromatic heterocycles. The number of fused-ring (bicyclic) bond motifs is 1. The molecule has 0 unspecified atom stereocenters. The number of pyridine rings is 1. The summed E-state index contributed by atoms with van der Waals surface area (Å²) in [6.07, 6.45) is -3.67. The molecular formula is C31H24F3N5O6S. The van der Waals surface area contributed by atoms with Crippen LogP contribution in [0.1, 0.15) is 22.3 Å². The van der Waals surface area contributed by atoms with E-state index in [1.54, 1.807) is 31.2 Å². The lowest BCUT2D eigenvalue weighted by Gasteiger charge is -2.15. The Balaban J connectivity index is 1.52. The monoisotopic (exact) mass is 651 g/mol. The normalized spacial score (nSPS) is 12.0. The number of aromatic hydroxyl groups is 1. The van der Waals surface area contributed by atoms with Gasteiger partial charge in [-0.3, -0.25) is 25.1 Å². The fourth-order valence-corrected chi connectivity index (χ4v) is 5.92. The number of alkyl halides is 3. The van der Waals surface area contributed by atoms with Gasteiger partial charge in [0.1, 0.15) is 5.69 Å². The van der Waals surface area contributed by atoms with Crippen molar-refractivity contribution in [2.75, 3.05) is 10.1 Å². The van der Waals surface area contributed by atoms with Crippen molar-refractivity contribution in [3.05, 3.63) is 128 Å². The first-order valence-corrected chi connectivity index (χ1v) is 14.9. The van der Waals surface area contributed by atoms with Crippen LogP contribution in [-0.4, -0.2) is 29.2 Å². The molecule has 0 aliphatic rings. The average molecular weight is 652 g/mol. The summed E-state index contributed by atoms with van der Waals surface area (Å²) in [5.74, 6) is -0.734. The molecular weight excluding hydrogens is 627 g/mol. The number of nitro groups is 1. The second kappa shape index (κ2) is 12.0. The first-order valence-electron chi connectivity index (χ1n) is 13.4. The Kier molecular flexibility index (Phi) is 8.28. The molecule has 5 aromatic rings. The molecule has 4 aromatic carbocycles. The molecule has 1 heterocycles. The number of sulfonamides is 1. The van der Waals surface area contributed by atoms with Gasteiger partial charge in [-0.25, -0.2) is 13.0 Å². The molecule has 0 fully saturated rings. The fourth-order valence-electron chi connectivity index (χ4n) is 4.77. The molecule has 0 spiro atoms. The van der Waals surface area contributed by atoms with Crippen LogP contribution in [0.4, 0.5) is 30.2 Å². The van der Waals surface area contributed by atoms with E-state index in [0.717, 1.165) is 42.1 Å². The van der Waals surface area contributed by atoms with E-state index in [2.05, 4.69) is 15.2 Å². The number of aryl methyl sites for hydroxylation is 2. The zero-order valence-corrected chi connectivity index (χ0v) is 24.8. The Hall–Kier alpha value is -5.70. The lowest BCUT2D eigenvalue weighted by atomic mass is 10.1. The van der Waals surface area contributed by atoms with Crippen LogP contribution in [0.2, 0.25) is 0 Å². The number of aromatic nitrogens is 1. The van der Waals surface area contributed by atoms with Crippen molar-refractivity contribution in [2.24, 2.45) is 5.10 Å². The highest BCUT2D eigenvalue weighted by atomic mass is 32.2. The van der Waals surface area contributed by atoms with Crippen molar-refractivity contribution in [1.29, 1.82) is 0 Å². The highest BCUT2D eigenvalue weighted by molar-refractivity contribution is 7.92. The van der Waals surface area contributed by atoms with Crippen LogP contribution in [0.15, 0.2) is 99.7 Å². The van der Waals surface area contributed by atoms with Gasteiger partial charge in [0.25, 0.3) is 21.3 Å². The molecule has 15 heteroatoms. The highest BCUT2D eigenvalue weighted by Gasteiger charge is 2.31. The van der Waals surface area contributed by atoms with E-state index in [-0.39, 0.29) is 32.6 Å². The van der Waals surface area contributed by atoms with E-state index < -0.39 is 43.8 Å². The van der Waals surface area contributed by atoms with Gasteiger partial charge in [-0.1, -0.05) is 42.0 Å². The van der Waals surface area contributed by atoms with Crippen LogP contribution in [-0.2, 0) is 16.2 Å². The van der Waals surface area contributed by atoms with Crippen molar-refractivity contribution in [3.8, 4) is 11.6 Å². The third-order valence-electron chi connectivity index (χ3n) is 7.02. The number of hydrogen-bond acceptors (Lipinski definition) is 8. The fraction of sp³-hybridized carbons (Fsp3) is 0.0968. The van der Waals surface area contributed by atoms with Crippen LogP contribution >= 0.6 is 0 Å². The van der Waals surface area contributed by atoms with Crippen LogP contribution < -0.4 is 15.7 Å². The Morgan fingerprint density at radius 2 is 1.63 bits per heavy atom. The molecule has 0 atom stereocenters. The summed E-state index contributed by atoms with van der Waals surface area (Å²) in [5, 5.41) is 27.2. The van der Waals surface area contributed by atoms with Gasteiger partial charge in [-0.2, -0.15) is 18.3 Å². The average Bonchev–Trinajstić information content (AvgIpc) is 3.00. The van der Waals surface area contributed by atoms with Crippen molar-refractivity contribution in [3.63, 3.8) is 0 Å². The maximum atomic E-state index is 13.4. The van der Waals surface area contributed by atoms with Crippen LogP contribution in [0, 0.1) is 24.0 Å². The number of nitrogens with one attached hydrogen (secondary N) is 2. The number of nitro benzene ring substituents is 1. The van der Waals surface area contributed by atoms with Crippen molar-refractivity contribution >= 4 is 44.1 Å². The Labute approximate surface area is 259 Å². The molecule has 5 rings (SSSR count). The number of anilines is 2. The standard InChI is InChI=1S/C31H24F3N5O6S/c1-18-10-12-26(19(2)14-18)37-46(44,45)22-11-13-27(28(16-22)39(42)43)36-35-17-25-23-8-3-4-9-24(23)29(40)38(30(25)41)21-7-5-6-20(15-21)31(32,33)34/h3-17,36-37,41H,1-2H3. The maximum absolute atomic E-state index is 13.4. The topological polar surface area (TPSA) is 156 Å². The quantitative estimate of drug-likeness (QED) is 0.0984. The number of rotatable bonds is 8. The minimum atomic E-state index is -4.71. The number of halogens is 3. The summed E-state index contributed by atoms with van der Waals surface area (Å²) in [5.41, 5.74) is 1.31. The third kappa shape index (κ3) is 6.25. The van der Waals surface area contributed by atoms with Crippen LogP contribution in [0.3, 0.4) is 0 Å². The third-order valence-corrected chi connectivity index (χ3v) is 8.38. The SMILES string of the molecule is Cc1ccc(NS(=O)(=O)c2ccc(NN=Cc3c(O)n(-c4cccc(C(F)(F)F)c4)c(=O)c4ccccc34)c([N+](=O)[O-])c2)c(C)c1. The first-order chi connectivity index (χ1) is 21.7. The number of benzene rings is 4. The number of hydrogen-bond donors (Lipinski definition) is 3. The minimum Gasteiger partial charge on any atom is -0.494 e. The van der Waals surface area contributed by atoms with Gasteiger partial charge in [0, 0.05) is 16.8 Å². The minimum absolute atomic E-state index is 0.0519. The van der Waals surface area contributed by atoms with E-state index in [1.165, 1.54) is 24.3 Å². The molecule has 0 saturated heterocycles. The van der Waals surface area contributed by atoms with E-state index in [1.807, 2.05) is 6.92 Å². The molecule has 0 aliphatic heterocycles. The lowest BCUT2D eigenvalue weighted by Crippen LogP contribution is -2.20. The first kappa shape index (κ1) is 31.7. The zero-order valence-electron chi connectivity index (χ0n) is 24.0. The Morgan fingerprint density at radius 3 is 2.30 bits per heavy atom. The van der Waals surface area contributed by atoms with Gasteiger partial charge < -0.3 is 5.11 Å². The van der Waals surface area contributed by atoms with E-state index in [0.29, 0.717) is 21.9 Å². The van der Waals surface area contributed by atoms with Crippen molar-refractivity contribution in [2.45, 2.75) is 24.9 Å². The van der Waals surface area contributed by atoms with E-state index in [4.69, 9.17) is 0 Å². The molecule has 236 valence electrons. The van der Waals surface area contributed by atoms with E-state index >= 15 is 0 Å². The van der Waals surface area contributed by atoms with Gasteiger partial charge in [0.15, 0.2) is 0 Å². The van der Waals surface area contributed by atoms with Crippen LogP contribution in [0.5, 0.6) is 5.88 Å². The summed E-state index contributed by atoms with van der Waals surface area (Å²) >= 11 is 0. The van der Waals surface area contributed by atoms with Crippen molar-refractivity contribution in [1.82, 2.24) is 4.57 Å². The molecule has 0 bridgehead atoms. The molecule has 46 heavy (non-hydrogen) atoms. The number of nitrogens with zero attached hydrogens (tertiary/aromatic N) is 3.